The Morgan fingerprint density at radius 2 is 1.07 bits per heavy atom. The van der Waals surface area contributed by atoms with Crippen molar-refractivity contribution in [2.75, 3.05) is 11.5 Å². The van der Waals surface area contributed by atoms with Gasteiger partial charge in [-0.05, 0) is 92.1 Å². The van der Waals surface area contributed by atoms with Gasteiger partial charge in [0.1, 0.15) is 11.6 Å². The van der Waals surface area contributed by atoms with E-state index in [-0.39, 0.29) is 0 Å². The summed E-state index contributed by atoms with van der Waals surface area (Å²) in [5.74, 6) is 6.35. The molecule has 0 aliphatic rings. The third kappa shape index (κ3) is 4.81. The Balaban J connectivity index is 1.19. The number of benzene rings is 2. The van der Waals surface area contributed by atoms with E-state index in [1.807, 2.05) is 23.5 Å². The van der Waals surface area contributed by atoms with Gasteiger partial charge in [-0.3, -0.25) is 0 Å². The Morgan fingerprint density at radius 1 is 0.655 bits per heavy atom. The molecule has 2 aromatic carbocycles. The molecule has 0 saturated carbocycles. The maximum Gasteiger partial charge on any atom is 0.117 e. The van der Waals surface area contributed by atoms with Gasteiger partial charge in [-0.1, -0.05) is 0 Å². The Morgan fingerprint density at radius 3 is 1.52 bits per heavy atom. The molecule has 0 amide bonds. The second-order valence-corrected chi connectivity index (χ2v) is 9.94. The summed E-state index contributed by atoms with van der Waals surface area (Å²) in [5.41, 5.74) is 9.68. The number of aromatic nitrogens is 4. The van der Waals surface area contributed by atoms with Gasteiger partial charge in [0.25, 0.3) is 0 Å². The molecule has 4 nitrogen and oxygen atoms in total. The van der Waals surface area contributed by atoms with E-state index >= 15 is 0 Å². The number of hydrogen-bond acceptors (Lipinski definition) is 4. The molecule has 2 aromatic heterocycles. The van der Waals surface area contributed by atoms with Gasteiger partial charge in [0, 0.05) is 0 Å². The molecule has 6 heteroatoms. The molecule has 152 valence electrons. The third-order valence-electron chi connectivity index (χ3n) is 5.35. The fraction of sp³-hybridized carbons (Fsp3) is 0.391. The molecule has 4 rings (SSSR count). The molecule has 0 unspecified atom stereocenters. The van der Waals surface area contributed by atoms with Gasteiger partial charge < -0.3 is 9.97 Å². The highest BCUT2D eigenvalue weighted by molar-refractivity contribution is 7.99. The van der Waals surface area contributed by atoms with Crippen molar-refractivity contribution in [2.45, 2.75) is 45.6 Å². The van der Waals surface area contributed by atoms with Crippen LogP contribution in [0, 0.1) is 27.7 Å². The van der Waals surface area contributed by atoms with E-state index < -0.39 is 0 Å². The van der Waals surface area contributed by atoms with E-state index in [9.17, 15) is 0 Å². The number of rotatable bonds is 8. The van der Waals surface area contributed by atoms with Crippen LogP contribution in [-0.4, -0.2) is 31.4 Å². The maximum atomic E-state index is 4.73. The van der Waals surface area contributed by atoms with Crippen molar-refractivity contribution in [2.24, 2.45) is 0 Å². The lowest BCUT2D eigenvalue weighted by Gasteiger charge is -2.00. The first-order valence-electron chi connectivity index (χ1n) is 10.1. The first-order valence-corrected chi connectivity index (χ1v) is 12.4. The van der Waals surface area contributed by atoms with Crippen molar-refractivity contribution < 1.29 is 0 Å². The standard InChI is InChI=1S/C23H28N4S2/c1-14-8-18-19(9-15(14)2)25-22(24-18)12-28-6-5-7-29-13-23-26-20-10-16(3)17(4)11-21(20)27-23/h8-11H,5-7,12-13H2,1-4H3,(H,24,25)(H,26,27). The van der Waals surface area contributed by atoms with Crippen molar-refractivity contribution in [1.82, 2.24) is 19.9 Å². The number of aryl methyl sites for hydroxylation is 4. The summed E-state index contributed by atoms with van der Waals surface area (Å²) < 4.78 is 0. The average molecular weight is 425 g/mol. The summed E-state index contributed by atoms with van der Waals surface area (Å²) in [6.07, 6.45) is 1.20. The first-order chi connectivity index (χ1) is 14.0. The monoisotopic (exact) mass is 424 g/mol. The molecule has 4 aromatic rings. The molecular formula is C23H28N4S2. The molecule has 0 saturated heterocycles. The number of fused-ring (bicyclic) bond motifs is 2. The lowest BCUT2D eigenvalue weighted by molar-refractivity contribution is 1.09. The van der Waals surface area contributed by atoms with E-state index in [0.29, 0.717) is 0 Å². The van der Waals surface area contributed by atoms with Crippen LogP contribution in [-0.2, 0) is 11.5 Å². The minimum atomic E-state index is 0.944. The highest BCUT2D eigenvalue weighted by Gasteiger charge is 2.06. The lowest BCUT2D eigenvalue weighted by atomic mass is 10.1. The fourth-order valence-corrected chi connectivity index (χ4v) is 5.21. The molecule has 2 N–H and O–H groups in total. The van der Waals surface area contributed by atoms with Gasteiger partial charge in [-0.15, -0.1) is 0 Å². The summed E-state index contributed by atoms with van der Waals surface area (Å²) in [6.45, 7) is 8.58. The molecule has 0 aliphatic carbocycles. The number of imidazole rings is 2. The van der Waals surface area contributed by atoms with Crippen LogP contribution in [0.4, 0.5) is 0 Å². The molecule has 0 fully saturated rings. The van der Waals surface area contributed by atoms with Crippen LogP contribution in [0.25, 0.3) is 22.1 Å². The van der Waals surface area contributed by atoms with E-state index in [2.05, 4.69) is 61.9 Å². The molecule has 0 bridgehead atoms. The Kier molecular flexibility index (Phi) is 6.20. The Labute approximate surface area is 180 Å². The summed E-state index contributed by atoms with van der Waals surface area (Å²) in [7, 11) is 0. The van der Waals surface area contributed by atoms with Crippen LogP contribution in [0.15, 0.2) is 24.3 Å². The SMILES string of the molecule is Cc1cc2nc(CSCCCSCc3nc4cc(C)c(C)cc4[nH]3)[nH]c2cc1C. The van der Waals surface area contributed by atoms with E-state index in [0.717, 1.165) is 56.7 Å². The van der Waals surface area contributed by atoms with Crippen molar-refractivity contribution >= 4 is 45.6 Å². The summed E-state index contributed by atoms with van der Waals surface area (Å²) >= 11 is 3.91. The first kappa shape index (κ1) is 20.4. The topological polar surface area (TPSA) is 57.4 Å². The van der Waals surface area contributed by atoms with Crippen LogP contribution in [0.3, 0.4) is 0 Å². The fourth-order valence-electron chi connectivity index (χ4n) is 3.38. The number of aromatic amines is 2. The third-order valence-corrected chi connectivity index (χ3v) is 7.46. The van der Waals surface area contributed by atoms with Crippen molar-refractivity contribution in [3.63, 3.8) is 0 Å². The van der Waals surface area contributed by atoms with Gasteiger partial charge in [-0.2, -0.15) is 23.5 Å². The number of nitrogens with zero attached hydrogens (tertiary/aromatic N) is 2. The number of H-pyrrole nitrogens is 2. The molecule has 0 atom stereocenters. The zero-order valence-corrected chi connectivity index (χ0v) is 19.2. The molecule has 0 radical (unpaired) electrons. The molecule has 0 aliphatic heterocycles. The second kappa shape index (κ2) is 8.84. The van der Waals surface area contributed by atoms with Gasteiger partial charge in [-0.25, -0.2) is 9.97 Å². The van der Waals surface area contributed by atoms with Crippen molar-refractivity contribution in [3.05, 3.63) is 58.2 Å². The zero-order chi connectivity index (χ0) is 20.4. The molecular weight excluding hydrogens is 396 g/mol. The largest absolute Gasteiger partial charge is 0.341 e. The van der Waals surface area contributed by atoms with Crippen LogP contribution in [0.5, 0.6) is 0 Å². The van der Waals surface area contributed by atoms with Crippen LogP contribution in [0.2, 0.25) is 0 Å². The molecule has 0 spiro atoms. The van der Waals surface area contributed by atoms with Crippen molar-refractivity contribution in [1.29, 1.82) is 0 Å². The van der Waals surface area contributed by atoms with E-state index in [1.165, 1.54) is 28.7 Å². The van der Waals surface area contributed by atoms with Gasteiger partial charge >= 0.3 is 0 Å². The van der Waals surface area contributed by atoms with E-state index in [4.69, 9.17) is 9.97 Å². The highest BCUT2D eigenvalue weighted by Crippen LogP contribution is 2.22. The smallest absolute Gasteiger partial charge is 0.117 e. The number of hydrogen-bond donors (Lipinski definition) is 2. The second-order valence-electron chi connectivity index (χ2n) is 7.73. The van der Waals surface area contributed by atoms with Crippen LogP contribution in [0.1, 0.15) is 40.3 Å². The van der Waals surface area contributed by atoms with Gasteiger partial charge in [0.2, 0.25) is 0 Å². The summed E-state index contributed by atoms with van der Waals surface area (Å²) in [4.78, 5) is 16.4. The molecule has 29 heavy (non-hydrogen) atoms. The predicted octanol–water partition coefficient (Wildman–Crippen LogP) is 6.23. The van der Waals surface area contributed by atoms with Crippen molar-refractivity contribution in [3.8, 4) is 0 Å². The molecule has 2 heterocycles. The summed E-state index contributed by atoms with van der Waals surface area (Å²) in [6, 6.07) is 8.74. The van der Waals surface area contributed by atoms with Crippen LogP contribution < -0.4 is 0 Å². The number of thioether (sulfide) groups is 2. The quantitative estimate of drug-likeness (QED) is 0.329. The van der Waals surface area contributed by atoms with Crippen LogP contribution >= 0.6 is 23.5 Å². The average Bonchev–Trinajstić information content (AvgIpc) is 3.24. The lowest BCUT2D eigenvalue weighted by Crippen LogP contribution is -1.90. The van der Waals surface area contributed by atoms with E-state index in [1.54, 1.807) is 0 Å². The Bertz CT molecular complexity index is 975. The van der Waals surface area contributed by atoms with Gasteiger partial charge in [0.15, 0.2) is 0 Å². The zero-order valence-electron chi connectivity index (χ0n) is 17.6. The maximum absolute atomic E-state index is 4.73. The van der Waals surface area contributed by atoms with Gasteiger partial charge in [0.05, 0.1) is 33.6 Å². The minimum absolute atomic E-state index is 0.944. The Hall–Kier alpha value is -1.92. The highest BCUT2D eigenvalue weighted by atomic mass is 32.2. The summed E-state index contributed by atoms with van der Waals surface area (Å²) in [5, 5.41) is 0. The number of nitrogens with one attached hydrogen (secondary N) is 2. The minimum Gasteiger partial charge on any atom is -0.341 e. The normalized spacial score (nSPS) is 11.7. The predicted molar refractivity (Wildman–Crippen MR) is 128 cm³/mol.